The summed E-state index contributed by atoms with van der Waals surface area (Å²) in [6.45, 7) is 0. The Balaban J connectivity index is 2.15. The van der Waals surface area contributed by atoms with Crippen LogP contribution in [0.4, 0.5) is 0 Å². The molecule has 0 saturated heterocycles. The summed E-state index contributed by atoms with van der Waals surface area (Å²) < 4.78 is 7.32. The molecule has 2 rings (SSSR count). The quantitative estimate of drug-likeness (QED) is 0.623. The minimum atomic E-state index is 0.203. The normalized spacial score (nSPS) is 12.4. The molecule has 0 spiro atoms. The third-order valence-corrected chi connectivity index (χ3v) is 5.52. The zero-order chi connectivity index (χ0) is 13.1. The van der Waals surface area contributed by atoms with E-state index in [1.54, 1.807) is 18.4 Å². The number of nitrogens with zero attached hydrogens (tertiary/aromatic N) is 2. The van der Waals surface area contributed by atoms with Crippen LogP contribution in [-0.2, 0) is 6.42 Å². The molecule has 0 aromatic carbocycles. The van der Waals surface area contributed by atoms with Gasteiger partial charge < -0.3 is 4.74 Å². The van der Waals surface area contributed by atoms with E-state index in [2.05, 4.69) is 63.8 Å². The van der Waals surface area contributed by atoms with Gasteiger partial charge >= 0.3 is 0 Å². The number of hydrogen-bond acceptors (Lipinski definition) is 4. The van der Waals surface area contributed by atoms with Gasteiger partial charge in [-0.3, -0.25) is 0 Å². The van der Waals surface area contributed by atoms with Crippen LogP contribution < -0.4 is 4.74 Å². The van der Waals surface area contributed by atoms with Gasteiger partial charge in [-0.05, 0) is 43.5 Å². The minimum Gasteiger partial charge on any atom is -0.481 e. The number of aromatic nitrogens is 2. The topological polar surface area (TPSA) is 35.0 Å². The van der Waals surface area contributed by atoms with Crippen molar-refractivity contribution in [3.63, 3.8) is 0 Å². The van der Waals surface area contributed by atoms with Crippen molar-refractivity contribution in [1.82, 2.24) is 9.97 Å². The highest BCUT2D eigenvalue weighted by molar-refractivity contribution is 9.12. The summed E-state index contributed by atoms with van der Waals surface area (Å²) in [5, 5.41) is 0. The van der Waals surface area contributed by atoms with Crippen molar-refractivity contribution in [2.24, 2.45) is 0 Å². The lowest BCUT2D eigenvalue weighted by Gasteiger charge is -2.09. The molecule has 0 N–H and O–H groups in total. The van der Waals surface area contributed by atoms with Gasteiger partial charge in [-0.2, -0.15) is 0 Å². The number of alkyl halides is 1. The standard InChI is InChI=1S/C11H9Br3N2OS/c1-17-10-3-6(15-5-16-10)2-8(12)7-4-9(13)18-11(7)14/h3-5,8H,2H2,1H3. The Morgan fingerprint density at radius 1 is 1.33 bits per heavy atom. The SMILES string of the molecule is COc1cc(CC(Br)c2cc(Br)sc2Br)ncn1. The second kappa shape index (κ2) is 6.45. The highest BCUT2D eigenvalue weighted by Crippen LogP contribution is 2.39. The number of ether oxygens (including phenoxy) is 1. The van der Waals surface area contributed by atoms with Gasteiger partial charge in [0.15, 0.2) is 0 Å². The van der Waals surface area contributed by atoms with E-state index in [4.69, 9.17) is 4.74 Å². The minimum absolute atomic E-state index is 0.203. The number of hydrogen-bond donors (Lipinski definition) is 0. The zero-order valence-electron chi connectivity index (χ0n) is 9.36. The Labute approximate surface area is 134 Å². The molecule has 1 atom stereocenters. The van der Waals surface area contributed by atoms with E-state index in [-0.39, 0.29) is 4.83 Å². The van der Waals surface area contributed by atoms with Crippen LogP contribution in [0.25, 0.3) is 0 Å². The summed E-state index contributed by atoms with van der Waals surface area (Å²) in [5.74, 6) is 0.588. The van der Waals surface area contributed by atoms with Crippen LogP contribution in [0, 0.1) is 0 Å². The lowest BCUT2D eigenvalue weighted by molar-refractivity contribution is 0.396. The van der Waals surface area contributed by atoms with Crippen molar-refractivity contribution >= 4 is 59.1 Å². The van der Waals surface area contributed by atoms with Crippen LogP contribution in [0.1, 0.15) is 16.1 Å². The summed E-state index contributed by atoms with van der Waals surface area (Å²) in [7, 11) is 1.60. The van der Waals surface area contributed by atoms with E-state index in [0.29, 0.717) is 5.88 Å². The Morgan fingerprint density at radius 2 is 2.11 bits per heavy atom. The van der Waals surface area contributed by atoms with Gasteiger partial charge in [0, 0.05) is 23.0 Å². The van der Waals surface area contributed by atoms with Gasteiger partial charge in [0.1, 0.15) is 6.33 Å². The van der Waals surface area contributed by atoms with E-state index in [1.807, 2.05) is 6.07 Å². The molecule has 0 aliphatic carbocycles. The smallest absolute Gasteiger partial charge is 0.216 e. The first-order valence-electron chi connectivity index (χ1n) is 5.04. The van der Waals surface area contributed by atoms with Gasteiger partial charge in [-0.25, -0.2) is 9.97 Å². The van der Waals surface area contributed by atoms with Gasteiger partial charge in [0.05, 0.1) is 14.7 Å². The van der Waals surface area contributed by atoms with E-state index in [9.17, 15) is 0 Å². The number of methoxy groups -OCH3 is 1. The molecule has 0 fully saturated rings. The summed E-state index contributed by atoms with van der Waals surface area (Å²) in [5.41, 5.74) is 2.16. The van der Waals surface area contributed by atoms with Crippen LogP contribution in [0.3, 0.4) is 0 Å². The predicted octanol–water partition coefficient (Wildman–Crippen LogP) is 4.75. The molecule has 0 amide bonds. The molecule has 0 radical (unpaired) electrons. The first kappa shape index (κ1) is 14.4. The lowest BCUT2D eigenvalue weighted by Crippen LogP contribution is -1.99. The van der Waals surface area contributed by atoms with Crippen LogP contribution in [-0.4, -0.2) is 17.1 Å². The second-order valence-corrected chi connectivity index (χ2v) is 8.36. The maximum Gasteiger partial charge on any atom is 0.216 e. The summed E-state index contributed by atoms with van der Waals surface area (Å²) in [4.78, 5) is 8.44. The molecule has 2 aromatic heterocycles. The molecule has 1 unspecified atom stereocenters. The molecule has 7 heteroatoms. The largest absolute Gasteiger partial charge is 0.481 e. The van der Waals surface area contributed by atoms with Gasteiger partial charge in [-0.15, -0.1) is 11.3 Å². The highest BCUT2D eigenvalue weighted by atomic mass is 79.9. The Kier molecular flexibility index (Phi) is 5.17. The summed E-state index contributed by atoms with van der Waals surface area (Å²) in [6, 6.07) is 3.95. The Hall–Kier alpha value is 0.0200. The van der Waals surface area contributed by atoms with E-state index in [1.165, 1.54) is 11.9 Å². The summed E-state index contributed by atoms with van der Waals surface area (Å²) >= 11 is 12.4. The summed E-state index contributed by atoms with van der Waals surface area (Å²) in [6.07, 6.45) is 2.30. The third kappa shape index (κ3) is 3.53. The van der Waals surface area contributed by atoms with Crippen molar-refractivity contribution in [2.75, 3.05) is 7.11 Å². The molecule has 0 saturated carbocycles. The van der Waals surface area contributed by atoms with Gasteiger partial charge in [0.25, 0.3) is 0 Å². The molecule has 0 bridgehead atoms. The molecule has 96 valence electrons. The molecule has 3 nitrogen and oxygen atoms in total. The second-order valence-electron chi connectivity index (χ2n) is 3.50. The van der Waals surface area contributed by atoms with Crippen LogP contribution in [0.5, 0.6) is 5.88 Å². The molecular formula is C11H9Br3N2OS. The maximum absolute atomic E-state index is 5.09. The van der Waals surface area contributed by atoms with Crippen molar-refractivity contribution in [1.29, 1.82) is 0 Å². The van der Waals surface area contributed by atoms with Crippen LogP contribution in [0.15, 0.2) is 26.0 Å². The number of thiophene rings is 1. The van der Waals surface area contributed by atoms with E-state index in [0.717, 1.165) is 19.7 Å². The maximum atomic E-state index is 5.09. The first-order chi connectivity index (χ1) is 8.60. The highest BCUT2D eigenvalue weighted by Gasteiger charge is 2.16. The Morgan fingerprint density at radius 3 is 2.72 bits per heavy atom. The van der Waals surface area contributed by atoms with Crippen molar-refractivity contribution in [2.45, 2.75) is 11.2 Å². The number of halogens is 3. The van der Waals surface area contributed by atoms with Crippen LogP contribution in [0.2, 0.25) is 0 Å². The fourth-order valence-corrected chi connectivity index (χ4v) is 5.59. The molecule has 0 aliphatic heterocycles. The molecular weight excluding hydrogens is 448 g/mol. The molecule has 2 heterocycles. The van der Waals surface area contributed by atoms with E-state index < -0.39 is 0 Å². The van der Waals surface area contributed by atoms with Crippen molar-refractivity contribution in [3.05, 3.63) is 37.3 Å². The lowest BCUT2D eigenvalue weighted by atomic mass is 10.1. The fourth-order valence-electron chi connectivity index (χ4n) is 1.46. The monoisotopic (exact) mass is 454 g/mol. The van der Waals surface area contributed by atoms with Crippen LogP contribution >= 0.6 is 59.1 Å². The fraction of sp³-hybridized carbons (Fsp3) is 0.273. The predicted molar refractivity (Wildman–Crippen MR) is 83.7 cm³/mol. The average molecular weight is 457 g/mol. The van der Waals surface area contributed by atoms with Crippen molar-refractivity contribution in [3.8, 4) is 5.88 Å². The number of rotatable bonds is 4. The van der Waals surface area contributed by atoms with Gasteiger partial charge in [0.2, 0.25) is 5.88 Å². The molecule has 0 aliphatic rings. The average Bonchev–Trinajstić information content (AvgIpc) is 2.69. The Bertz CT molecular complexity index is 547. The van der Waals surface area contributed by atoms with Crippen molar-refractivity contribution < 1.29 is 4.74 Å². The molecule has 18 heavy (non-hydrogen) atoms. The first-order valence-corrected chi connectivity index (χ1v) is 8.35. The molecule has 2 aromatic rings. The van der Waals surface area contributed by atoms with Gasteiger partial charge in [-0.1, -0.05) is 15.9 Å². The third-order valence-electron chi connectivity index (χ3n) is 2.32. The van der Waals surface area contributed by atoms with E-state index >= 15 is 0 Å². The zero-order valence-corrected chi connectivity index (χ0v) is 14.9.